The first-order valence-corrected chi connectivity index (χ1v) is 8.54. The number of hydrogen-bond donors (Lipinski definition) is 2. The van der Waals surface area contributed by atoms with Gasteiger partial charge in [-0.25, -0.2) is 4.39 Å². The summed E-state index contributed by atoms with van der Waals surface area (Å²) in [5.41, 5.74) is 1.59. The van der Waals surface area contributed by atoms with Gasteiger partial charge in [0.05, 0.1) is 18.4 Å². The molecule has 0 spiro atoms. The molecule has 0 unspecified atom stereocenters. The zero-order valence-electron chi connectivity index (χ0n) is 15.0. The molecule has 0 aliphatic heterocycles. The maximum Gasteiger partial charge on any atom is 0.253 e. The summed E-state index contributed by atoms with van der Waals surface area (Å²) in [4.78, 5) is 24.4. The summed E-state index contributed by atoms with van der Waals surface area (Å²) in [7, 11) is 1.40. The number of halogens is 1. The van der Waals surface area contributed by atoms with Crippen LogP contribution in [-0.2, 0) is 11.2 Å². The topological polar surface area (TPSA) is 67.4 Å². The van der Waals surface area contributed by atoms with Crippen LogP contribution in [0.5, 0.6) is 5.75 Å². The van der Waals surface area contributed by atoms with Gasteiger partial charge in [0.15, 0.2) is 11.6 Å². The van der Waals surface area contributed by atoms with Gasteiger partial charge in [0, 0.05) is 13.0 Å². The van der Waals surface area contributed by atoms with Crippen molar-refractivity contribution in [1.29, 1.82) is 0 Å². The van der Waals surface area contributed by atoms with Crippen LogP contribution in [0.3, 0.4) is 0 Å². The van der Waals surface area contributed by atoms with Crippen molar-refractivity contribution in [2.45, 2.75) is 26.2 Å². The van der Waals surface area contributed by atoms with Gasteiger partial charge in [-0.3, -0.25) is 9.59 Å². The summed E-state index contributed by atoms with van der Waals surface area (Å²) in [6.45, 7) is 2.54. The van der Waals surface area contributed by atoms with E-state index in [0.29, 0.717) is 29.8 Å². The molecule has 138 valence electrons. The van der Waals surface area contributed by atoms with Gasteiger partial charge in [-0.05, 0) is 42.7 Å². The third-order valence-corrected chi connectivity index (χ3v) is 3.84. The molecule has 6 heteroatoms. The van der Waals surface area contributed by atoms with Crippen molar-refractivity contribution in [2.24, 2.45) is 0 Å². The molecule has 0 aliphatic carbocycles. The second kappa shape index (κ2) is 9.56. The largest absolute Gasteiger partial charge is 0.494 e. The Morgan fingerprint density at radius 1 is 1.15 bits per heavy atom. The average molecular weight is 358 g/mol. The van der Waals surface area contributed by atoms with E-state index in [1.165, 1.54) is 19.2 Å². The van der Waals surface area contributed by atoms with Crippen molar-refractivity contribution in [3.05, 3.63) is 59.4 Å². The maximum atomic E-state index is 13.7. The van der Waals surface area contributed by atoms with Gasteiger partial charge in [-0.15, -0.1) is 0 Å². The first-order valence-electron chi connectivity index (χ1n) is 8.54. The molecule has 2 rings (SSSR count). The third kappa shape index (κ3) is 5.31. The van der Waals surface area contributed by atoms with Crippen LogP contribution in [0.1, 0.15) is 35.7 Å². The average Bonchev–Trinajstić information content (AvgIpc) is 2.65. The number of para-hydroxylation sites is 1. The molecule has 0 heterocycles. The summed E-state index contributed by atoms with van der Waals surface area (Å²) < 4.78 is 18.6. The molecule has 0 saturated heterocycles. The fourth-order valence-corrected chi connectivity index (χ4v) is 2.46. The molecular weight excluding hydrogens is 335 g/mol. The van der Waals surface area contributed by atoms with E-state index in [0.717, 1.165) is 6.42 Å². The number of anilines is 1. The molecule has 2 N–H and O–H groups in total. The van der Waals surface area contributed by atoms with E-state index < -0.39 is 5.82 Å². The van der Waals surface area contributed by atoms with Crippen LogP contribution in [0.15, 0.2) is 42.5 Å². The first kappa shape index (κ1) is 19.4. The molecule has 0 atom stereocenters. The molecule has 0 saturated carbocycles. The van der Waals surface area contributed by atoms with E-state index in [2.05, 4.69) is 10.6 Å². The van der Waals surface area contributed by atoms with Gasteiger partial charge in [0.1, 0.15) is 0 Å². The van der Waals surface area contributed by atoms with Gasteiger partial charge >= 0.3 is 0 Å². The molecule has 2 amide bonds. The number of benzene rings is 2. The second-order valence-corrected chi connectivity index (χ2v) is 5.82. The van der Waals surface area contributed by atoms with Crippen LogP contribution in [0, 0.1) is 5.82 Å². The van der Waals surface area contributed by atoms with Crippen molar-refractivity contribution >= 4 is 17.5 Å². The van der Waals surface area contributed by atoms with Gasteiger partial charge in [-0.2, -0.15) is 0 Å². The predicted octanol–water partition coefficient (Wildman–Crippen LogP) is 3.55. The van der Waals surface area contributed by atoms with Crippen molar-refractivity contribution in [1.82, 2.24) is 5.32 Å². The lowest BCUT2D eigenvalue weighted by Crippen LogP contribution is -2.25. The van der Waals surface area contributed by atoms with Crippen LogP contribution in [0.2, 0.25) is 0 Å². The Kier molecular flexibility index (Phi) is 7.14. The van der Waals surface area contributed by atoms with E-state index in [9.17, 15) is 14.0 Å². The summed E-state index contributed by atoms with van der Waals surface area (Å²) >= 11 is 0. The lowest BCUT2D eigenvalue weighted by atomic mass is 10.1. The van der Waals surface area contributed by atoms with Crippen LogP contribution in [0.25, 0.3) is 0 Å². The lowest BCUT2D eigenvalue weighted by molar-refractivity contribution is -0.116. The Labute approximate surface area is 152 Å². The number of amides is 2. The van der Waals surface area contributed by atoms with Crippen molar-refractivity contribution in [3.63, 3.8) is 0 Å². The fourth-order valence-electron chi connectivity index (χ4n) is 2.46. The molecule has 26 heavy (non-hydrogen) atoms. The van der Waals surface area contributed by atoms with Gasteiger partial charge in [0.25, 0.3) is 5.91 Å². The number of rotatable bonds is 8. The number of hydrogen-bond acceptors (Lipinski definition) is 3. The standard InChI is InChI=1S/C20H23FN2O3/c1-3-12-22-20(25)15-6-4-5-7-17(15)23-19(24)11-9-14-8-10-18(26-2)16(21)13-14/h4-8,10,13H,3,9,11-12H2,1-2H3,(H,22,25)(H,23,24). The van der Waals surface area contributed by atoms with Crippen LogP contribution in [0.4, 0.5) is 10.1 Å². The van der Waals surface area contributed by atoms with E-state index in [-0.39, 0.29) is 24.0 Å². The lowest BCUT2D eigenvalue weighted by Gasteiger charge is -2.11. The third-order valence-electron chi connectivity index (χ3n) is 3.84. The van der Waals surface area contributed by atoms with Crippen molar-refractivity contribution in [3.8, 4) is 5.75 Å². The summed E-state index contributed by atoms with van der Waals surface area (Å²) in [6.07, 6.45) is 1.40. The van der Waals surface area contributed by atoms with Crippen molar-refractivity contribution < 1.29 is 18.7 Å². The Balaban J connectivity index is 1.98. The van der Waals surface area contributed by atoms with Crippen LogP contribution in [-0.4, -0.2) is 25.5 Å². The summed E-state index contributed by atoms with van der Waals surface area (Å²) in [5.74, 6) is -0.745. The first-order chi connectivity index (χ1) is 12.5. The predicted molar refractivity (Wildman–Crippen MR) is 99.0 cm³/mol. The minimum atomic E-state index is -0.455. The number of carbonyl (C=O) groups excluding carboxylic acids is 2. The smallest absolute Gasteiger partial charge is 0.253 e. The zero-order valence-corrected chi connectivity index (χ0v) is 15.0. The number of ether oxygens (including phenoxy) is 1. The fraction of sp³-hybridized carbons (Fsp3) is 0.300. The van der Waals surface area contributed by atoms with E-state index in [4.69, 9.17) is 4.74 Å². The van der Waals surface area contributed by atoms with Gasteiger partial charge < -0.3 is 15.4 Å². The van der Waals surface area contributed by atoms with E-state index >= 15 is 0 Å². The number of aryl methyl sites for hydroxylation is 1. The normalized spacial score (nSPS) is 10.3. The molecule has 0 aliphatic rings. The molecule has 2 aromatic carbocycles. The zero-order chi connectivity index (χ0) is 18.9. The Morgan fingerprint density at radius 2 is 1.92 bits per heavy atom. The Hall–Kier alpha value is -2.89. The van der Waals surface area contributed by atoms with Gasteiger partial charge in [-0.1, -0.05) is 25.1 Å². The second-order valence-electron chi connectivity index (χ2n) is 5.82. The highest BCUT2D eigenvalue weighted by atomic mass is 19.1. The highest BCUT2D eigenvalue weighted by Crippen LogP contribution is 2.19. The SMILES string of the molecule is CCCNC(=O)c1ccccc1NC(=O)CCc1ccc(OC)c(F)c1. The minimum absolute atomic E-state index is 0.172. The van der Waals surface area contributed by atoms with Gasteiger partial charge in [0.2, 0.25) is 5.91 Å². The molecule has 0 fully saturated rings. The molecule has 0 radical (unpaired) electrons. The molecule has 5 nitrogen and oxygen atoms in total. The van der Waals surface area contributed by atoms with E-state index in [1.54, 1.807) is 30.3 Å². The molecular formula is C20H23FN2O3. The highest BCUT2D eigenvalue weighted by molar-refractivity contribution is 6.03. The molecule has 0 bridgehead atoms. The quantitative estimate of drug-likeness (QED) is 0.758. The summed E-state index contributed by atoms with van der Waals surface area (Å²) in [5, 5.41) is 5.55. The molecule has 0 aromatic heterocycles. The minimum Gasteiger partial charge on any atom is -0.494 e. The number of carbonyl (C=O) groups is 2. The highest BCUT2D eigenvalue weighted by Gasteiger charge is 2.13. The van der Waals surface area contributed by atoms with Crippen LogP contribution >= 0.6 is 0 Å². The van der Waals surface area contributed by atoms with E-state index in [1.807, 2.05) is 6.92 Å². The summed E-state index contributed by atoms with van der Waals surface area (Å²) in [6, 6.07) is 11.5. The Bertz CT molecular complexity index is 777. The number of methoxy groups -OCH3 is 1. The van der Waals surface area contributed by atoms with Crippen molar-refractivity contribution in [2.75, 3.05) is 19.0 Å². The molecule has 2 aromatic rings. The Morgan fingerprint density at radius 3 is 2.62 bits per heavy atom. The monoisotopic (exact) mass is 358 g/mol. The number of nitrogens with one attached hydrogen (secondary N) is 2. The van der Waals surface area contributed by atoms with Crippen LogP contribution < -0.4 is 15.4 Å². The maximum absolute atomic E-state index is 13.7.